The van der Waals surface area contributed by atoms with Crippen LogP contribution in [-0.4, -0.2) is 121 Å². The van der Waals surface area contributed by atoms with Crippen LogP contribution in [0.3, 0.4) is 0 Å². The van der Waals surface area contributed by atoms with Gasteiger partial charge in [-0.3, -0.25) is 49.1 Å². The molecule has 0 saturated carbocycles. The highest BCUT2D eigenvalue weighted by Crippen LogP contribution is 2.33. The van der Waals surface area contributed by atoms with Gasteiger partial charge in [0.15, 0.2) is 6.10 Å². The summed E-state index contributed by atoms with van der Waals surface area (Å²) in [6.07, 6.45) is 1.41. The van der Waals surface area contributed by atoms with E-state index in [1.807, 2.05) is 0 Å². The Kier molecular flexibility index (Phi) is 15.9. The Morgan fingerprint density at radius 1 is 1.00 bits per heavy atom. The molecule has 1 aromatic rings. The van der Waals surface area contributed by atoms with E-state index in [2.05, 4.69) is 21.3 Å². The van der Waals surface area contributed by atoms with E-state index < -0.39 is 95.6 Å². The summed E-state index contributed by atoms with van der Waals surface area (Å²) in [5.41, 5.74) is 5.39. The van der Waals surface area contributed by atoms with Gasteiger partial charge in [0.2, 0.25) is 23.4 Å². The SMILES string of the molecule is CO[C@H]1/C=C\C=C(/C)C(=O)NC2=CC(=O)C(NCCOC(=O)Nc3cccc4c3C(=O)N([C@@H]3CCC(=O)NC3=O)C4=O)=C(C[C@@H](C)C[C@H](OC)[C@@H](O)[C@@H](C)/C=C(\C)[C@@H]1OC(N)=O)C2=O. The van der Waals surface area contributed by atoms with Crippen LogP contribution >= 0.6 is 0 Å². The van der Waals surface area contributed by atoms with Crippen LogP contribution in [0.2, 0.25) is 0 Å². The fraction of sp³-hybridized carbons (Fsp3) is 0.432. The maximum absolute atomic E-state index is 14.1. The van der Waals surface area contributed by atoms with Gasteiger partial charge in [-0.2, -0.15) is 0 Å². The first kappa shape index (κ1) is 48.3. The number of methoxy groups -OCH3 is 2. The first-order chi connectivity index (χ1) is 30.4. The molecule has 3 heterocycles. The second kappa shape index (κ2) is 21.1. The zero-order valence-corrected chi connectivity index (χ0v) is 36.2. The van der Waals surface area contributed by atoms with Crippen LogP contribution in [-0.2, 0) is 42.9 Å². The second-order valence-corrected chi connectivity index (χ2v) is 15.8. The molecule has 1 aliphatic carbocycles. The number of imide groups is 2. The van der Waals surface area contributed by atoms with E-state index in [9.17, 15) is 48.3 Å². The van der Waals surface area contributed by atoms with E-state index in [0.29, 0.717) is 5.57 Å². The topological polar surface area (TPSA) is 288 Å². The molecule has 1 aromatic carbocycles. The number of Topliss-reactive ketones (excluding diaryl/α,β-unsaturated/α-hetero) is 1. The van der Waals surface area contributed by atoms with E-state index in [1.54, 1.807) is 26.8 Å². The van der Waals surface area contributed by atoms with Gasteiger partial charge < -0.3 is 40.4 Å². The summed E-state index contributed by atoms with van der Waals surface area (Å²) in [6, 6.07) is 2.95. The van der Waals surface area contributed by atoms with E-state index >= 15 is 0 Å². The van der Waals surface area contributed by atoms with E-state index in [-0.39, 0.29) is 78.2 Å². The summed E-state index contributed by atoms with van der Waals surface area (Å²) in [4.78, 5) is 117. The van der Waals surface area contributed by atoms with Gasteiger partial charge in [0.1, 0.15) is 18.8 Å². The molecule has 3 aliphatic heterocycles. The Morgan fingerprint density at radius 2 is 1.73 bits per heavy atom. The van der Waals surface area contributed by atoms with Crippen LogP contribution < -0.4 is 27.0 Å². The molecular formula is C44H52N6O14. The highest BCUT2D eigenvalue weighted by molar-refractivity contribution is 6.26. The number of primary amides is 1. The molecule has 0 spiro atoms. The minimum atomic E-state index is -1.21. The van der Waals surface area contributed by atoms with Gasteiger partial charge in [0, 0.05) is 50.3 Å². The average molecular weight is 889 g/mol. The van der Waals surface area contributed by atoms with Crippen molar-refractivity contribution in [1.29, 1.82) is 0 Å². The fourth-order valence-corrected chi connectivity index (χ4v) is 7.86. The van der Waals surface area contributed by atoms with Crippen molar-refractivity contribution in [1.82, 2.24) is 20.9 Å². The number of aliphatic hydroxyl groups excluding tert-OH is 1. The lowest BCUT2D eigenvalue weighted by Gasteiger charge is -2.30. The van der Waals surface area contributed by atoms with E-state index in [0.717, 1.165) is 11.0 Å². The number of hydrogen-bond acceptors (Lipinski definition) is 15. The Morgan fingerprint density at radius 3 is 2.41 bits per heavy atom. The van der Waals surface area contributed by atoms with Crippen LogP contribution in [0.4, 0.5) is 15.3 Å². The van der Waals surface area contributed by atoms with Gasteiger partial charge in [-0.05, 0) is 56.7 Å². The minimum absolute atomic E-state index is 0.0133. The van der Waals surface area contributed by atoms with Crippen molar-refractivity contribution >= 4 is 59.0 Å². The van der Waals surface area contributed by atoms with Gasteiger partial charge >= 0.3 is 12.2 Å². The molecule has 5 rings (SSSR count). The summed E-state index contributed by atoms with van der Waals surface area (Å²) in [7, 11) is 2.81. The van der Waals surface area contributed by atoms with E-state index in [4.69, 9.17) is 24.7 Å². The molecule has 7 atom stereocenters. The molecular weight excluding hydrogens is 837 g/mol. The lowest BCUT2D eigenvalue weighted by Crippen LogP contribution is -2.54. The van der Waals surface area contributed by atoms with Crippen LogP contribution in [0.1, 0.15) is 74.1 Å². The lowest BCUT2D eigenvalue weighted by atomic mass is 9.85. The third kappa shape index (κ3) is 11.1. The van der Waals surface area contributed by atoms with Crippen molar-refractivity contribution < 1.29 is 67.2 Å². The molecule has 4 aliphatic rings. The molecule has 2 bridgehead atoms. The molecule has 20 heteroatoms. The van der Waals surface area contributed by atoms with Crippen molar-refractivity contribution in [3.05, 3.63) is 87.8 Å². The molecule has 342 valence electrons. The number of nitrogens with two attached hydrogens (primary N) is 1. The number of hydrogen-bond donors (Lipinski definition) is 6. The lowest BCUT2D eigenvalue weighted by molar-refractivity contribution is -0.136. The number of allylic oxidation sites excluding steroid dienone is 4. The average Bonchev–Trinajstić information content (AvgIpc) is 3.50. The number of ketones is 2. The summed E-state index contributed by atoms with van der Waals surface area (Å²) in [5, 5.41) is 21.4. The Hall–Kier alpha value is -6.77. The highest BCUT2D eigenvalue weighted by atomic mass is 16.6. The van der Waals surface area contributed by atoms with Crippen molar-refractivity contribution in [3.63, 3.8) is 0 Å². The Balaban J connectivity index is 1.33. The Labute approximate surface area is 368 Å². The smallest absolute Gasteiger partial charge is 0.411 e. The molecule has 7 amide bonds. The minimum Gasteiger partial charge on any atom is -0.447 e. The molecule has 0 aromatic heterocycles. The van der Waals surface area contributed by atoms with E-state index in [1.165, 1.54) is 57.6 Å². The molecule has 0 radical (unpaired) electrons. The molecule has 7 N–H and O–H groups in total. The van der Waals surface area contributed by atoms with Crippen molar-refractivity contribution in [2.24, 2.45) is 17.6 Å². The van der Waals surface area contributed by atoms with Crippen molar-refractivity contribution in [2.45, 2.75) is 83.8 Å². The third-order valence-corrected chi connectivity index (χ3v) is 11.1. The Bertz CT molecular complexity index is 2280. The molecule has 1 fully saturated rings. The fourth-order valence-electron chi connectivity index (χ4n) is 7.86. The highest BCUT2D eigenvalue weighted by Gasteiger charge is 2.46. The quantitative estimate of drug-likeness (QED) is 0.0895. The number of benzene rings is 1. The molecule has 64 heavy (non-hydrogen) atoms. The maximum atomic E-state index is 14.1. The normalized spacial score (nSPS) is 28.2. The van der Waals surface area contributed by atoms with Gasteiger partial charge in [-0.25, -0.2) is 9.59 Å². The predicted octanol–water partition coefficient (Wildman–Crippen LogP) is 2.00. The van der Waals surface area contributed by atoms with Gasteiger partial charge in [-0.15, -0.1) is 0 Å². The number of carbonyl (C=O) groups excluding carboxylic acids is 9. The second-order valence-electron chi connectivity index (χ2n) is 15.8. The summed E-state index contributed by atoms with van der Waals surface area (Å²) >= 11 is 0. The first-order valence-electron chi connectivity index (χ1n) is 20.5. The number of fused-ring (bicyclic) bond motifs is 3. The number of rotatable bonds is 9. The van der Waals surface area contributed by atoms with Gasteiger partial charge in [0.05, 0.1) is 40.4 Å². The maximum Gasteiger partial charge on any atom is 0.411 e. The zero-order valence-electron chi connectivity index (χ0n) is 36.2. The van der Waals surface area contributed by atoms with Gasteiger partial charge in [0.25, 0.3) is 17.7 Å². The van der Waals surface area contributed by atoms with Crippen LogP contribution in [0, 0.1) is 11.8 Å². The molecule has 20 nitrogen and oxygen atoms in total. The number of carbonyl (C=O) groups is 9. The monoisotopic (exact) mass is 888 g/mol. The third-order valence-electron chi connectivity index (χ3n) is 11.1. The molecule has 1 saturated heterocycles. The predicted molar refractivity (Wildman–Crippen MR) is 226 cm³/mol. The standard InChI is InChI=1S/C44H52N6O14/c1-21-17-26-35(46-15-16-63-44(60)48-27-11-8-10-25-34(27)42(58)50(41(25)57)29-13-14-33(52)49-40(29)56)30(51)20-28(37(26)54)47-39(55)22(2)9-7-12-31(61-5)38(64-43(45)59)24(4)19-23(3)36(53)32(18-21)62-6/h7-12,19-21,23,29,31-32,36,38,46,53H,13-18H2,1-6H3,(H2,45,59)(H,47,55)(H,48,60)(H,49,52,56)/b12-7-,22-9+,24-19+/t21-,23+,29-,31+,32+,36+,38+/m1/s1. The number of amides is 7. The number of piperidine rings is 1. The zero-order chi connectivity index (χ0) is 47.0. The number of nitrogens with zero attached hydrogens (tertiary/aromatic N) is 1. The van der Waals surface area contributed by atoms with Crippen molar-refractivity contribution in [3.8, 4) is 0 Å². The molecule has 0 unspecified atom stereocenters. The van der Waals surface area contributed by atoms with Crippen molar-refractivity contribution in [2.75, 3.05) is 32.7 Å². The number of ether oxygens (including phenoxy) is 4. The van der Waals surface area contributed by atoms with Crippen LogP contribution in [0.5, 0.6) is 0 Å². The van der Waals surface area contributed by atoms with Gasteiger partial charge in [-0.1, -0.05) is 44.2 Å². The first-order valence-corrected chi connectivity index (χ1v) is 20.5. The van der Waals surface area contributed by atoms with Crippen LogP contribution in [0.15, 0.2) is 76.7 Å². The number of nitrogens with one attached hydrogen (secondary N) is 4. The summed E-state index contributed by atoms with van der Waals surface area (Å²) in [5.74, 6) is -5.87. The largest absolute Gasteiger partial charge is 0.447 e. The number of anilines is 1. The summed E-state index contributed by atoms with van der Waals surface area (Å²) in [6.45, 7) is 6.17. The summed E-state index contributed by atoms with van der Waals surface area (Å²) < 4.78 is 22.0. The number of aliphatic hydroxyl groups is 1. The van der Waals surface area contributed by atoms with Crippen LogP contribution in [0.25, 0.3) is 0 Å².